The van der Waals surface area contributed by atoms with Crippen molar-refractivity contribution in [3.05, 3.63) is 63.1 Å². The van der Waals surface area contributed by atoms with Gasteiger partial charge in [0.25, 0.3) is 5.69 Å². The molecule has 3 aromatic rings. The monoisotopic (exact) mass is 327 g/mol. The van der Waals surface area contributed by atoms with E-state index in [2.05, 4.69) is 33.6 Å². The third-order valence-corrected chi connectivity index (χ3v) is 4.85. The quantitative estimate of drug-likeness (QED) is 0.518. The molecular weight excluding hydrogens is 310 g/mol. The van der Waals surface area contributed by atoms with Crippen molar-refractivity contribution < 1.29 is 4.92 Å². The SMILES string of the molecule is CC(Cc1ccsc1)N(C)c1ccc([N+](=O)[O-])c2cnccc12. The number of nitro benzene ring substituents is 1. The molecule has 0 aliphatic carbocycles. The minimum absolute atomic E-state index is 0.0933. The molecule has 23 heavy (non-hydrogen) atoms. The summed E-state index contributed by atoms with van der Waals surface area (Å²) in [5, 5.41) is 16.9. The fourth-order valence-electron chi connectivity index (χ4n) is 2.75. The van der Waals surface area contributed by atoms with Crippen molar-refractivity contribution in [1.29, 1.82) is 0 Å². The Hall–Kier alpha value is -2.47. The molecule has 0 fully saturated rings. The zero-order chi connectivity index (χ0) is 16.4. The van der Waals surface area contributed by atoms with E-state index in [-0.39, 0.29) is 16.7 Å². The topological polar surface area (TPSA) is 59.3 Å². The third-order valence-electron chi connectivity index (χ3n) is 4.12. The predicted octanol–water partition coefficient (Wildman–Crippen LogP) is 4.27. The first kappa shape index (κ1) is 15.4. The molecule has 3 rings (SSSR count). The number of fused-ring (bicyclic) bond motifs is 1. The first-order valence-corrected chi connectivity index (χ1v) is 8.27. The fourth-order valence-corrected chi connectivity index (χ4v) is 3.43. The van der Waals surface area contributed by atoms with Crippen LogP contribution >= 0.6 is 11.3 Å². The van der Waals surface area contributed by atoms with E-state index in [1.807, 2.05) is 19.2 Å². The average Bonchev–Trinajstić information content (AvgIpc) is 3.05. The maximum Gasteiger partial charge on any atom is 0.278 e. The Balaban J connectivity index is 1.99. The zero-order valence-corrected chi connectivity index (χ0v) is 13.8. The Morgan fingerprint density at radius 3 is 2.83 bits per heavy atom. The lowest BCUT2D eigenvalue weighted by molar-refractivity contribution is -0.383. The molecule has 0 saturated heterocycles. The highest BCUT2D eigenvalue weighted by Gasteiger charge is 2.18. The minimum atomic E-state index is -0.359. The number of non-ortho nitro benzene ring substituents is 1. The summed E-state index contributed by atoms with van der Waals surface area (Å²) in [7, 11) is 2.03. The van der Waals surface area contributed by atoms with Gasteiger partial charge in [-0.25, -0.2) is 0 Å². The largest absolute Gasteiger partial charge is 0.371 e. The molecule has 0 aliphatic heterocycles. The minimum Gasteiger partial charge on any atom is -0.371 e. The first-order chi connectivity index (χ1) is 11.1. The van der Waals surface area contributed by atoms with Gasteiger partial charge in [0.2, 0.25) is 0 Å². The smallest absolute Gasteiger partial charge is 0.278 e. The van der Waals surface area contributed by atoms with Crippen LogP contribution in [0.3, 0.4) is 0 Å². The second kappa shape index (κ2) is 6.34. The maximum atomic E-state index is 11.2. The van der Waals surface area contributed by atoms with Crippen molar-refractivity contribution in [1.82, 2.24) is 4.98 Å². The Labute approximate surface area is 138 Å². The number of hydrogen-bond donors (Lipinski definition) is 0. The molecule has 1 unspecified atom stereocenters. The summed E-state index contributed by atoms with van der Waals surface area (Å²) >= 11 is 1.70. The molecule has 2 heterocycles. The average molecular weight is 327 g/mol. The van der Waals surface area contributed by atoms with E-state index in [1.165, 1.54) is 5.56 Å². The standard InChI is InChI=1S/C17H17N3O2S/c1-12(9-13-6-8-23-11-13)19(2)16-3-4-17(20(21)22)15-10-18-7-5-14(15)16/h3-8,10-12H,9H2,1-2H3. The molecule has 6 heteroatoms. The molecule has 0 spiro atoms. The van der Waals surface area contributed by atoms with Crippen molar-refractivity contribution in [2.24, 2.45) is 0 Å². The van der Waals surface area contributed by atoms with Gasteiger partial charge in [0.15, 0.2) is 0 Å². The van der Waals surface area contributed by atoms with Crippen LogP contribution in [-0.4, -0.2) is 23.0 Å². The molecule has 1 aromatic carbocycles. The Bertz CT molecular complexity index is 833. The predicted molar refractivity (Wildman–Crippen MR) is 94.3 cm³/mol. The molecule has 0 N–H and O–H groups in total. The Morgan fingerprint density at radius 2 is 2.13 bits per heavy atom. The molecule has 0 saturated carbocycles. The number of likely N-dealkylation sites (N-methyl/N-ethyl adjacent to an activating group) is 1. The number of pyridine rings is 1. The second-order valence-corrected chi connectivity index (χ2v) is 6.36. The van der Waals surface area contributed by atoms with Gasteiger partial charge in [-0.15, -0.1) is 0 Å². The summed E-state index contributed by atoms with van der Waals surface area (Å²) in [4.78, 5) is 17.1. The van der Waals surface area contributed by atoms with E-state index < -0.39 is 0 Å². The maximum absolute atomic E-state index is 11.2. The van der Waals surface area contributed by atoms with Gasteiger partial charge in [0, 0.05) is 42.6 Å². The number of nitro groups is 1. The number of benzene rings is 1. The highest BCUT2D eigenvalue weighted by atomic mass is 32.1. The van der Waals surface area contributed by atoms with Gasteiger partial charge in [0.1, 0.15) is 0 Å². The van der Waals surface area contributed by atoms with Crippen molar-refractivity contribution in [2.45, 2.75) is 19.4 Å². The van der Waals surface area contributed by atoms with Crippen LogP contribution in [0.5, 0.6) is 0 Å². The molecule has 0 aliphatic rings. The number of nitrogens with zero attached hydrogens (tertiary/aromatic N) is 3. The lowest BCUT2D eigenvalue weighted by Gasteiger charge is -2.28. The number of anilines is 1. The van der Waals surface area contributed by atoms with Gasteiger partial charge >= 0.3 is 0 Å². The molecule has 5 nitrogen and oxygen atoms in total. The highest BCUT2D eigenvalue weighted by Crippen LogP contribution is 2.33. The highest BCUT2D eigenvalue weighted by molar-refractivity contribution is 7.07. The van der Waals surface area contributed by atoms with Crippen LogP contribution in [0.2, 0.25) is 0 Å². The van der Waals surface area contributed by atoms with Crippen molar-refractivity contribution in [3.63, 3.8) is 0 Å². The summed E-state index contributed by atoms with van der Waals surface area (Å²) in [6.45, 7) is 2.16. The third kappa shape index (κ3) is 3.03. The van der Waals surface area contributed by atoms with Gasteiger partial charge < -0.3 is 4.90 Å². The van der Waals surface area contributed by atoms with Gasteiger partial charge in [-0.1, -0.05) is 0 Å². The number of rotatable bonds is 5. The molecule has 1 atom stereocenters. The summed E-state index contributed by atoms with van der Waals surface area (Å²) in [6, 6.07) is 7.64. The van der Waals surface area contributed by atoms with Crippen molar-refractivity contribution in [3.8, 4) is 0 Å². The van der Waals surface area contributed by atoms with Crippen LogP contribution in [0.15, 0.2) is 47.4 Å². The molecule has 0 radical (unpaired) electrons. The summed E-state index contributed by atoms with van der Waals surface area (Å²) in [5.41, 5.74) is 2.38. The van der Waals surface area contributed by atoms with E-state index in [4.69, 9.17) is 0 Å². The first-order valence-electron chi connectivity index (χ1n) is 7.33. The summed E-state index contributed by atoms with van der Waals surface area (Å²) in [5.74, 6) is 0. The van der Waals surface area contributed by atoms with Gasteiger partial charge in [-0.05, 0) is 47.9 Å². The van der Waals surface area contributed by atoms with E-state index in [0.717, 1.165) is 17.5 Å². The fraction of sp³-hybridized carbons (Fsp3) is 0.235. The van der Waals surface area contributed by atoms with Crippen LogP contribution in [0, 0.1) is 10.1 Å². The van der Waals surface area contributed by atoms with Crippen molar-refractivity contribution in [2.75, 3.05) is 11.9 Å². The molecule has 0 bridgehead atoms. The van der Waals surface area contributed by atoms with Crippen LogP contribution in [0.4, 0.5) is 11.4 Å². The van der Waals surface area contributed by atoms with Crippen LogP contribution in [0.25, 0.3) is 10.8 Å². The number of thiophene rings is 1. The van der Waals surface area contributed by atoms with E-state index in [9.17, 15) is 10.1 Å². The van der Waals surface area contributed by atoms with Crippen molar-refractivity contribution >= 4 is 33.5 Å². The van der Waals surface area contributed by atoms with E-state index in [1.54, 1.807) is 29.8 Å². The molecular formula is C17H17N3O2S. The summed E-state index contributed by atoms with van der Waals surface area (Å²) < 4.78 is 0. The van der Waals surface area contributed by atoms with Crippen LogP contribution in [-0.2, 0) is 6.42 Å². The van der Waals surface area contributed by atoms with Gasteiger partial charge in [0.05, 0.1) is 10.3 Å². The van der Waals surface area contributed by atoms with E-state index >= 15 is 0 Å². The van der Waals surface area contributed by atoms with Crippen LogP contribution < -0.4 is 4.90 Å². The van der Waals surface area contributed by atoms with Gasteiger partial charge in [-0.3, -0.25) is 15.1 Å². The Morgan fingerprint density at radius 1 is 1.30 bits per heavy atom. The Kier molecular flexibility index (Phi) is 4.25. The molecule has 0 amide bonds. The number of aromatic nitrogens is 1. The lowest BCUT2D eigenvalue weighted by Crippen LogP contribution is -2.30. The van der Waals surface area contributed by atoms with Crippen LogP contribution in [0.1, 0.15) is 12.5 Å². The van der Waals surface area contributed by atoms with Gasteiger partial charge in [-0.2, -0.15) is 11.3 Å². The van der Waals surface area contributed by atoms with E-state index in [0.29, 0.717) is 5.39 Å². The molecule has 118 valence electrons. The lowest BCUT2D eigenvalue weighted by atomic mass is 10.1. The molecule has 2 aromatic heterocycles. The summed E-state index contributed by atoms with van der Waals surface area (Å²) in [6.07, 6.45) is 4.17. The normalized spacial score (nSPS) is 12.3. The zero-order valence-electron chi connectivity index (χ0n) is 13.0. The number of hydrogen-bond acceptors (Lipinski definition) is 5. The second-order valence-electron chi connectivity index (χ2n) is 5.58.